The zero-order valence-electron chi connectivity index (χ0n) is 18.3. The quantitative estimate of drug-likeness (QED) is 0.567. The number of hydrogen-bond donors (Lipinski definition) is 0. The van der Waals surface area contributed by atoms with Crippen LogP contribution in [0.5, 0.6) is 0 Å². The number of aromatic nitrogens is 2. The van der Waals surface area contributed by atoms with Crippen molar-refractivity contribution in [3.8, 4) is 11.5 Å². The van der Waals surface area contributed by atoms with Crippen LogP contribution >= 0.6 is 0 Å². The number of rotatable bonds is 5. The molecule has 3 heterocycles. The van der Waals surface area contributed by atoms with Crippen LogP contribution < -0.4 is 4.90 Å². The lowest BCUT2D eigenvalue weighted by Crippen LogP contribution is -2.35. The summed E-state index contributed by atoms with van der Waals surface area (Å²) in [6.45, 7) is 6.45. The third-order valence-electron chi connectivity index (χ3n) is 5.39. The van der Waals surface area contributed by atoms with E-state index in [9.17, 15) is 9.59 Å². The number of nitrogens with zero attached hydrogens (tertiary/aromatic N) is 4. The number of hydrogen-bond acceptors (Lipinski definition) is 7. The number of anilines is 1. The SMILES string of the molecule is CCOC(=O)c1ccc(N2CCCN(C(=O)c3nc(-c4ccccc4)oc3C)CC2)nc1. The molecule has 32 heavy (non-hydrogen) atoms. The van der Waals surface area contributed by atoms with Crippen molar-refractivity contribution in [2.75, 3.05) is 37.7 Å². The molecular formula is C24H26N4O4. The van der Waals surface area contributed by atoms with Crippen LogP contribution in [0, 0.1) is 6.92 Å². The molecule has 1 saturated heterocycles. The molecule has 2 aromatic heterocycles. The second-order valence-electron chi connectivity index (χ2n) is 7.55. The standard InChI is InChI=1S/C24H26N4O4/c1-3-31-24(30)19-10-11-20(25-16-19)27-12-7-13-28(15-14-27)23(29)21-17(2)32-22(26-21)18-8-5-4-6-9-18/h4-6,8-11,16H,3,7,12-15H2,1-2H3. The summed E-state index contributed by atoms with van der Waals surface area (Å²) in [4.78, 5) is 37.8. The number of amides is 1. The van der Waals surface area contributed by atoms with Gasteiger partial charge in [0.25, 0.3) is 5.91 Å². The van der Waals surface area contributed by atoms with Gasteiger partial charge in [-0.05, 0) is 44.5 Å². The number of carbonyl (C=O) groups excluding carboxylic acids is 2. The summed E-state index contributed by atoms with van der Waals surface area (Å²) in [6, 6.07) is 13.1. The van der Waals surface area contributed by atoms with Crippen molar-refractivity contribution in [1.82, 2.24) is 14.9 Å². The van der Waals surface area contributed by atoms with E-state index in [-0.39, 0.29) is 11.9 Å². The van der Waals surface area contributed by atoms with Crippen LogP contribution in [-0.4, -0.2) is 59.5 Å². The first-order valence-electron chi connectivity index (χ1n) is 10.8. The van der Waals surface area contributed by atoms with Gasteiger partial charge in [-0.15, -0.1) is 0 Å². The molecule has 8 heteroatoms. The van der Waals surface area contributed by atoms with Gasteiger partial charge in [0, 0.05) is 37.9 Å². The Balaban J connectivity index is 1.43. The normalized spacial score (nSPS) is 14.2. The van der Waals surface area contributed by atoms with E-state index in [4.69, 9.17) is 9.15 Å². The molecule has 0 radical (unpaired) electrons. The van der Waals surface area contributed by atoms with Crippen LogP contribution in [0.25, 0.3) is 11.5 Å². The fourth-order valence-electron chi connectivity index (χ4n) is 3.71. The maximum Gasteiger partial charge on any atom is 0.339 e. The Bertz CT molecular complexity index is 1080. The van der Waals surface area contributed by atoms with Crippen molar-refractivity contribution in [3.05, 3.63) is 65.7 Å². The molecule has 1 aromatic carbocycles. The first-order valence-corrected chi connectivity index (χ1v) is 10.8. The fourth-order valence-corrected chi connectivity index (χ4v) is 3.71. The summed E-state index contributed by atoms with van der Waals surface area (Å²) in [6.07, 6.45) is 2.33. The molecule has 1 aliphatic heterocycles. The van der Waals surface area contributed by atoms with Gasteiger partial charge in [0.15, 0.2) is 5.69 Å². The van der Waals surface area contributed by atoms with E-state index in [1.54, 1.807) is 19.9 Å². The van der Waals surface area contributed by atoms with Gasteiger partial charge in [0.05, 0.1) is 12.2 Å². The van der Waals surface area contributed by atoms with E-state index in [0.29, 0.717) is 49.1 Å². The predicted molar refractivity (Wildman–Crippen MR) is 120 cm³/mol. The van der Waals surface area contributed by atoms with Crippen molar-refractivity contribution in [2.24, 2.45) is 0 Å². The van der Waals surface area contributed by atoms with Crippen molar-refractivity contribution >= 4 is 17.7 Å². The second-order valence-corrected chi connectivity index (χ2v) is 7.55. The largest absolute Gasteiger partial charge is 0.462 e. The Hall–Kier alpha value is -3.68. The zero-order valence-corrected chi connectivity index (χ0v) is 18.3. The van der Waals surface area contributed by atoms with E-state index >= 15 is 0 Å². The number of carbonyl (C=O) groups is 2. The number of ether oxygens (including phenoxy) is 1. The minimum Gasteiger partial charge on any atom is -0.462 e. The third-order valence-corrected chi connectivity index (χ3v) is 5.39. The first kappa shape index (κ1) is 21.5. The molecule has 0 N–H and O–H groups in total. The molecule has 0 aliphatic carbocycles. The molecule has 3 aromatic rings. The maximum atomic E-state index is 13.2. The summed E-state index contributed by atoms with van der Waals surface area (Å²) in [5.74, 6) is 1.24. The van der Waals surface area contributed by atoms with Crippen LogP contribution in [0.2, 0.25) is 0 Å². The zero-order chi connectivity index (χ0) is 22.5. The van der Waals surface area contributed by atoms with E-state index in [1.165, 1.54) is 6.20 Å². The number of pyridine rings is 1. The highest BCUT2D eigenvalue weighted by Gasteiger charge is 2.26. The highest BCUT2D eigenvalue weighted by atomic mass is 16.5. The van der Waals surface area contributed by atoms with Gasteiger partial charge in [0.1, 0.15) is 11.6 Å². The second kappa shape index (κ2) is 9.64. The van der Waals surface area contributed by atoms with E-state index in [2.05, 4.69) is 14.9 Å². The number of aryl methyl sites for hydroxylation is 1. The molecule has 166 valence electrons. The molecule has 0 unspecified atom stereocenters. The third kappa shape index (κ3) is 4.64. The maximum absolute atomic E-state index is 13.2. The molecule has 0 saturated carbocycles. The average molecular weight is 434 g/mol. The minimum atomic E-state index is -0.378. The first-order chi connectivity index (χ1) is 15.6. The molecule has 1 amide bonds. The Labute approximate surface area is 186 Å². The molecule has 8 nitrogen and oxygen atoms in total. The Morgan fingerprint density at radius 1 is 1.06 bits per heavy atom. The van der Waals surface area contributed by atoms with Gasteiger partial charge >= 0.3 is 5.97 Å². The van der Waals surface area contributed by atoms with Crippen molar-refractivity contribution < 1.29 is 18.7 Å². The van der Waals surface area contributed by atoms with Gasteiger partial charge in [-0.25, -0.2) is 14.8 Å². The van der Waals surface area contributed by atoms with Crippen molar-refractivity contribution in [2.45, 2.75) is 20.3 Å². The Morgan fingerprint density at radius 2 is 1.88 bits per heavy atom. The summed E-state index contributed by atoms with van der Waals surface area (Å²) < 4.78 is 10.8. The minimum absolute atomic E-state index is 0.124. The van der Waals surface area contributed by atoms with E-state index in [1.807, 2.05) is 41.3 Å². The van der Waals surface area contributed by atoms with Gasteiger partial charge in [-0.3, -0.25) is 4.79 Å². The molecule has 0 spiro atoms. The number of oxazole rings is 1. The van der Waals surface area contributed by atoms with Crippen molar-refractivity contribution in [3.63, 3.8) is 0 Å². The van der Waals surface area contributed by atoms with Crippen LogP contribution in [0.15, 0.2) is 53.1 Å². The highest BCUT2D eigenvalue weighted by molar-refractivity contribution is 5.94. The monoisotopic (exact) mass is 434 g/mol. The van der Waals surface area contributed by atoms with Crippen LogP contribution in [0.3, 0.4) is 0 Å². The lowest BCUT2D eigenvalue weighted by molar-refractivity contribution is 0.0525. The Morgan fingerprint density at radius 3 is 2.59 bits per heavy atom. The van der Waals surface area contributed by atoms with Crippen LogP contribution in [0.4, 0.5) is 5.82 Å². The van der Waals surface area contributed by atoms with Crippen molar-refractivity contribution in [1.29, 1.82) is 0 Å². The van der Waals surface area contributed by atoms with Crippen LogP contribution in [-0.2, 0) is 4.74 Å². The van der Waals surface area contributed by atoms with Crippen LogP contribution in [0.1, 0.15) is 40.0 Å². The fraction of sp³-hybridized carbons (Fsp3) is 0.333. The summed E-state index contributed by atoms with van der Waals surface area (Å²) in [5.41, 5.74) is 1.63. The lowest BCUT2D eigenvalue weighted by Gasteiger charge is -2.22. The topological polar surface area (TPSA) is 88.8 Å². The number of esters is 1. The average Bonchev–Trinajstić information content (AvgIpc) is 3.04. The van der Waals surface area contributed by atoms with Gasteiger partial charge < -0.3 is 19.0 Å². The molecule has 0 bridgehead atoms. The summed E-state index contributed by atoms with van der Waals surface area (Å²) in [7, 11) is 0. The van der Waals surface area contributed by atoms with E-state index in [0.717, 1.165) is 24.3 Å². The van der Waals surface area contributed by atoms with Gasteiger partial charge in [0.2, 0.25) is 5.89 Å². The lowest BCUT2D eigenvalue weighted by atomic mass is 10.2. The van der Waals surface area contributed by atoms with E-state index < -0.39 is 0 Å². The molecule has 1 aliphatic rings. The molecular weight excluding hydrogens is 408 g/mol. The summed E-state index contributed by atoms with van der Waals surface area (Å²) >= 11 is 0. The predicted octanol–water partition coefficient (Wildman–Crippen LogP) is 3.57. The van der Waals surface area contributed by atoms with Gasteiger partial charge in [-0.2, -0.15) is 0 Å². The Kier molecular flexibility index (Phi) is 6.49. The molecule has 4 rings (SSSR count). The smallest absolute Gasteiger partial charge is 0.339 e. The molecule has 0 atom stereocenters. The summed E-state index contributed by atoms with van der Waals surface area (Å²) in [5, 5.41) is 0. The molecule has 1 fully saturated rings. The number of benzene rings is 1. The highest BCUT2D eigenvalue weighted by Crippen LogP contribution is 2.23. The van der Waals surface area contributed by atoms with Gasteiger partial charge in [-0.1, -0.05) is 18.2 Å².